The number of anilines is 1. The Kier molecular flexibility index (Phi) is 6.56. The lowest BCUT2D eigenvalue weighted by molar-refractivity contribution is -0.199. The molecule has 0 atom stereocenters. The number of aryl methyl sites for hydroxylation is 1. The molecule has 0 saturated carbocycles. The number of alkyl halides is 3. The van der Waals surface area contributed by atoms with Crippen LogP contribution in [0.15, 0.2) is 77.5 Å². The van der Waals surface area contributed by atoms with Crippen LogP contribution >= 0.6 is 11.3 Å². The molecule has 0 aliphatic carbocycles. The summed E-state index contributed by atoms with van der Waals surface area (Å²) in [6.07, 6.45) is 0.362. The van der Waals surface area contributed by atoms with Crippen molar-refractivity contribution in [1.82, 2.24) is 19.7 Å². The number of benzene rings is 2. The van der Waals surface area contributed by atoms with Gasteiger partial charge in [-0.15, -0.1) is 11.3 Å². The number of hydrogen-bond acceptors (Lipinski definition) is 8. The van der Waals surface area contributed by atoms with Gasteiger partial charge in [-0.2, -0.15) is 26.7 Å². The largest absolute Gasteiger partial charge is 0.493 e. The summed E-state index contributed by atoms with van der Waals surface area (Å²) in [7, 11) is -3.14. The Hall–Kier alpha value is -4.37. The van der Waals surface area contributed by atoms with E-state index in [2.05, 4.69) is 19.9 Å². The second-order valence-electron chi connectivity index (χ2n) is 8.06. The summed E-state index contributed by atoms with van der Waals surface area (Å²) >= 11 is 0.655. The van der Waals surface area contributed by atoms with E-state index in [4.69, 9.17) is 0 Å². The van der Waals surface area contributed by atoms with Crippen molar-refractivity contribution in [1.29, 1.82) is 0 Å². The predicted octanol–water partition coefficient (Wildman–Crippen LogP) is 5.11. The van der Waals surface area contributed by atoms with Crippen LogP contribution < -0.4 is 4.47 Å². The second-order valence-corrected chi connectivity index (χ2v) is 10.7. The summed E-state index contributed by atoms with van der Waals surface area (Å²) in [4.78, 5) is 23.4. The quantitative estimate of drug-likeness (QED) is 0.204. The van der Waals surface area contributed by atoms with Crippen molar-refractivity contribution in [3.8, 4) is 22.4 Å². The third-order valence-electron chi connectivity index (χ3n) is 5.48. The predicted molar refractivity (Wildman–Crippen MR) is 133 cm³/mol. The number of sulfonamides is 1. The van der Waals surface area contributed by atoms with Crippen LogP contribution in [0.3, 0.4) is 0 Å². The van der Waals surface area contributed by atoms with Gasteiger partial charge in [0.05, 0.1) is 16.8 Å². The Morgan fingerprint density at radius 2 is 1.85 bits per heavy atom. The first-order chi connectivity index (χ1) is 18.4. The van der Waals surface area contributed by atoms with E-state index in [0.29, 0.717) is 44.5 Å². The van der Waals surface area contributed by atoms with E-state index in [1.54, 1.807) is 24.1 Å². The van der Waals surface area contributed by atoms with E-state index >= 15 is 0 Å². The molecular weight excluding hydrogens is 562 g/mol. The van der Waals surface area contributed by atoms with Gasteiger partial charge in [-0.1, -0.05) is 10.5 Å². The second kappa shape index (κ2) is 9.74. The number of carbonyl (C=O) groups is 1. The Bertz CT molecular complexity index is 1810. The van der Waals surface area contributed by atoms with Crippen molar-refractivity contribution >= 4 is 43.2 Å². The van der Waals surface area contributed by atoms with Gasteiger partial charge in [0.25, 0.3) is 10.0 Å². The van der Waals surface area contributed by atoms with Crippen molar-refractivity contribution in [2.45, 2.75) is 11.1 Å². The first kappa shape index (κ1) is 26.2. The van der Waals surface area contributed by atoms with Gasteiger partial charge >= 0.3 is 12.1 Å². The monoisotopic (exact) mass is 577 g/mol. The number of halogens is 4. The fraction of sp³-hybridized carbons (Fsp3) is 0.0833. The molecule has 0 unspecified atom stereocenters. The molecule has 0 N–H and O–H groups in total. The van der Waals surface area contributed by atoms with Gasteiger partial charge in [-0.05, 0) is 47.3 Å². The number of pyridine rings is 1. The third kappa shape index (κ3) is 5.05. The minimum atomic E-state index is -5.45. The molecule has 3 aromatic heterocycles. The number of hydrogen-bond donors (Lipinski definition) is 0. The molecule has 0 aliphatic heterocycles. The number of rotatable bonds is 6. The summed E-state index contributed by atoms with van der Waals surface area (Å²) in [5.41, 5.74) is 2.05. The van der Waals surface area contributed by atoms with E-state index < -0.39 is 38.0 Å². The number of thiazole rings is 1. The highest BCUT2D eigenvalue weighted by Gasteiger charge is 2.45. The zero-order valence-corrected chi connectivity index (χ0v) is 21.3. The van der Waals surface area contributed by atoms with Gasteiger partial charge in [-0.3, -0.25) is 9.67 Å². The summed E-state index contributed by atoms with van der Waals surface area (Å²) in [5, 5.41) is 5.75. The van der Waals surface area contributed by atoms with E-state index in [1.807, 2.05) is 0 Å². The number of carbonyl (C=O) groups excluding carboxylic acids is 1. The minimum Gasteiger partial charge on any atom is -0.314 e. The Morgan fingerprint density at radius 1 is 1.05 bits per heavy atom. The Balaban J connectivity index is 1.61. The average molecular weight is 578 g/mol. The topological polar surface area (TPSA) is 107 Å². The van der Waals surface area contributed by atoms with E-state index in [-0.39, 0.29) is 4.47 Å². The molecule has 0 fully saturated rings. The average Bonchev–Trinajstić information content (AvgIpc) is 3.58. The Labute approximate surface area is 221 Å². The molecule has 5 aromatic rings. The van der Waals surface area contributed by atoms with E-state index in [1.165, 1.54) is 48.0 Å². The van der Waals surface area contributed by atoms with Crippen LogP contribution in [0.25, 0.3) is 33.2 Å². The molecule has 0 radical (unpaired) electrons. The first-order valence-electron chi connectivity index (χ1n) is 10.9. The molecule has 200 valence electrons. The molecule has 3 heterocycles. The van der Waals surface area contributed by atoms with Crippen molar-refractivity contribution in [2.75, 3.05) is 4.47 Å². The highest BCUT2D eigenvalue weighted by molar-refractivity contribution is 7.92. The molecule has 5 rings (SSSR count). The third-order valence-corrected chi connectivity index (χ3v) is 7.87. The molecule has 2 aromatic carbocycles. The van der Waals surface area contributed by atoms with Crippen molar-refractivity contribution < 1.29 is 35.6 Å². The number of aromatic nitrogens is 4. The standard InChI is InChI=1S/C24H15F4N5O4S2/c1-32-13-15(12-31-32)20-11-16(25)2-4-19(20)21-18-5-3-17(10-14(18)6-7-29-21)39(35,36)33(23-30-8-9-38-23)37-22(34)24(26,27)28/h2-13H,1H3. The normalized spacial score (nSPS) is 12.0. The van der Waals surface area contributed by atoms with E-state index in [9.17, 15) is 30.8 Å². The van der Waals surface area contributed by atoms with Crippen LogP contribution in [0.2, 0.25) is 0 Å². The summed E-state index contributed by atoms with van der Waals surface area (Å²) in [6.45, 7) is 0. The van der Waals surface area contributed by atoms with Crippen LogP contribution in [-0.2, 0) is 26.7 Å². The van der Waals surface area contributed by atoms with Gasteiger partial charge in [-0.25, -0.2) is 14.2 Å². The maximum atomic E-state index is 14.2. The SMILES string of the molecule is Cn1cc(-c2cc(F)ccc2-c2nccc3cc(S(=O)(=O)N(OC(=O)C(F)(F)F)c4nccs4)ccc23)cn1. The van der Waals surface area contributed by atoms with Gasteiger partial charge in [0.1, 0.15) is 5.82 Å². The van der Waals surface area contributed by atoms with E-state index in [0.717, 1.165) is 12.3 Å². The first-order valence-corrected chi connectivity index (χ1v) is 13.2. The molecule has 0 aliphatic rings. The van der Waals surface area contributed by atoms with Crippen molar-refractivity contribution in [2.24, 2.45) is 7.05 Å². The molecule has 0 saturated heterocycles. The molecule has 9 nitrogen and oxygen atoms in total. The van der Waals surface area contributed by atoms with Crippen LogP contribution in [-0.4, -0.2) is 40.3 Å². The summed E-state index contributed by atoms with van der Waals surface area (Å²) in [5.74, 6) is -3.21. The fourth-order valence-corrected chi connectivity index (χ4v) is 5.81. The summed E-state index contributed by atoms with van der Waals surface area (Å²) in [6, 6.07) is 9.36. The van der Waals surface area contributed by atoms with Crippen LogP contribution in [0.5, 0.6) is 0 Å². The van der Waals surface area contributed by atoms with Gasteiger partial charge < -0.3 is 4.84 Å². The van der Waals surface area contributed by atoms with Crippen molar-refractivity contribution in [3.63, 3.8) is 0 Å². The molecule has 0 spiro atoms. The lowest BCUT2D eigenvalue weighted by atomic mass is 9.96. The zero-order valence-electron chi connectivity index (χ0n) is 19.6. The molecular formula is C24H15F4N5O4S2. The zero-order chi connectivity index (χ0) is 27.9. The Morgan fingerprint density at radius 3 is 2.51 bits per heavy atom. The smallest absolute Gasteiger partial charge is 0.314 e. The molecule has 0 amide bonds. The minimum absolute atomic E-state index is 0.156. The lowest BCUT2D eigenvalue weighted by Gasteiger charge is -2.20. The lowest BCUT2D eigenvalue weighted by Crippen LogP contribution is -2.38. The van der Waals surface area contributed by atoms with Crippen LogP contribution in [0.1, 0.15) is 0 Å². The fourth-order valence-electron chi connectivity index (χ4n) is 3.77. The molecule has 0 bridgehead atoms. The molecule has 15 heteroatoms. The van der Waals surface area contributed by atoms with Crippen LogP contribution in [0.4, 0.5) is 22.7 Å². The molecule has 39 heavy (non-hydrogen) atoms. The highest BCUT2D eigenvalue weighted by atomic mass is 32.2. The van der Waals surface area contributed by atoms with Gasteiger partial charge in [0.15, 0.2) is 0 Å². The highest BCUT2D eigenvalue weighted by Crippen LogP contribution is 2.37. The van der Waals surface area contributed by atoms with Crippen molar-refractivity contribution in [3.05, 3.63) is 78.4 Å². The van der Waals surface area contributed by atoms with Gasteiger partial charge in [0, 0.05) is 47.5 Å². The maximum Gasteiger partial charge on any atom is 0.493 e. The number of nitrogens with zero attached hydrogens (tertiary/aromatic N) is 5. The number of fused-ring (bicyclic) bond motifs is 1. The van der Waals surface area contributed by atoms with Crippen LogP contribution in [0, 0.1) is 5.82 Å². The summed E-state index contributed by atoms with van der Waals surface area (Å²) < 4.78 is 80.9. The maximum absolute atomic E-state index is 14.2. The van der Waals surface area contributed by atoms with Gasteiger partial charge in [0.2, 0.25) is 5.13 Å².